The van der Waals surface area contributed by atoms with Gasteiger partial charge in [0.15, 0.2) is 0 Å². The minimum absolute atomic E-state index is 0.0131. The van der Waals surface area contributed by atoms with Crippen molar-refractivity contribution in [3.05, 3.63) is 81.9 Å². The van der Waals surface area contributed by atoms with E-state index in [4.69, 9.17) is 11.6 Å². The maximum absolute atomic E-state index is 13.7. The van der Waals surface area contributed by atoms with Gasteiger partial charge in [0.25, 0.3) is 10.0 Å². The number of nitrogens with zero attached hydrogens (tertiary/aromatic N) is 1. The van der Waals surface area contributed by atoms with Crippen LogP contribution in [0.3, 0.4) is 0 Å². The first kappa shape index (κ1) is 22.1. The SMILES string of the molecule is O=S(=O)(c1cccs1)N(Cc1ccc(F)c(C(F)(F)F)c1)c1sc2ccccc2c1Cl. The lowest BCUT2D eigenvalue weighted by Gasteiger charge is -2.23. The van der Waals surface area contributed by atoms with Crippen LogP contribution in [0, 0.1) is 5.82 Å². The Bertz CT molecular complexity index is 1350. The molecule has 0 aliphatic heterocycles. The molecule has 0 aliphatic rings. The minimum Gasteiger partial charge on any atom is -0.250 e. The Morgan fingerprint density at radius 2 is 1.77 bits per heavy atom. The highest BCUT2D eigenvalue weighted by Crippen LogP contribution is 2.44. The largest absolute Gasteiger partial charge is 0.419 e. The van der Waals surface area contributed by atoms with Crippen LogP contribution in [0.1, 0.15) is 11.1 Å². The number of hydrogen-bond acceptors (Lipinski definition) is 4. The lowest BCUT2D eigenvalue weighted by atomic mass is 10.1. The van der Waals surface area contributed by atoms with Crippen molar-refractivity contribution >= 4 is 59.4 Å². The first-order chi connectivity index (χ1) is 14.6. The van der Waals surface area contributed by atoms with Gasteiger partial charge in [0, 0.05) is 10.1 Å². The van der Waals surface area contributed by atoms with Gasteiger partial charge < -0.3 is 0 Å². The van der Waals surface area contributed by atoms with Gasteiger partial charge in [-0.05, 0) is 35.2 Å². The van der Waals surface area contributed by atoms with E-state index in [9.17, 15) is 26.0 Å². The monoisotopic (exact) mass is 505 g/mol. The van der Waals surface area contributed by atoms with E-state index in [2.05, 4.69) is 0 Å². The summed E-state index contributed by atoms with van der Waals surface area (Å²) in [5.41, 5.74) is -1.48. The summed E-state index contributed by atoms with van der Waals surface area (Å²) in [4.78, 5) is 0. The van der Waals surface area contributed by atoms with Gasteiger partial charge >= 0.3 is 6.18 Å². The molecule has 0 aliphatic carbocycles. The minimum atomic E-state index is -4.91. The summed E-state index contributed by atoms with van der Waals surface area (Å²) in [7, 11) is -4.13. The topological polar surface area (TPSA) is 37.4 Å². The van der Waals surface area contributed by atoms with Crippen molar-refractivity contribution in [3.8, 4) is 0 Å². The second-order valence-corrected chi connectivity index (χ2v) is 10.9. The molecule has 0 unspecified atom stereocenters. The normalized spacial score (nSPS) is 12.4. The Morgan fingerprint density at radius 3 is 2.42 bits per heavy atom. The van der Waals surface area contributed by atoms with Gasteiger partial charge in [-0.25, -0.2) is 12.8 Å². The third-order valence-electron chi connectivity index (χ3n) is 4.45. The van der Waals surface area contributed by atoms with Crippen LogP contribution in [0.2, 0.25) is 5.02 Å². The maximum Gasteiger partial charge on any atom is 0.419 e. The third-order valence-corrected chi connectivity index (χ3v) is 9.37. The van der Waals surface area contributed by atoms with Crippen LogP contribution in [-0.4, -0.2) is 8.42 Å². The van der Waals surface area contributed by atoms with Crippen molar-refractivity contribution in [2.24, 2.45) is 0 Å². The van der Waals surface area contributed by atoms with Crippen molar-refractivity contribution in [2.75, 3.05) is 4.31 Å². The summed E-state index contributed by atoms with van der Waals surface area (Å²) in [6, 6.07) is 12.4. The molecular formula is C20H12ClF4NO2S3. The van der Waals surface area contributed by atoms with E-state index in [1.54, 1.807) is 35.7 Å². The molecule has 2 heterocycles. The first-order valence-electron chi connectivity index (χ1n) is 8.68. The predicted molar refractivity (Wildman–Crippen MR) is 116 cm³/mol. The van der Waals surface area contributed by atoms with Gasteiger partial charge in [-0.15, -0.1) is 22.7 Å². The molecule has 0 saturated heterocycles. The molecule has 0 amide bonds. The third kappa shape index (κ3) is 4.17. The first-order valence-corrected chi connectivity index (χ1v) is 12.2. The molecular weight excluding hydrogens is 494 g/mol. The Hall–Kier alpha value is -2.14. The van der Waals surface area contributed by atoms with Gasteiger partial charge in [0.2, 0.25) is 0 Å². The Balaban J connectivity index is 1.87. The van der Waals surface area contributed by atoms with Gasteiger partial charge in [0.1, 0.15) is 15.0 Å². The van der Waals surface area contributed by atoms with Crippen molar-refractivity contribution < 1.29 is 26.0 Å². The highest BCUT2D eigenvalue weighted by molar-refractivity contribution is 7.95. The molecule has 0 spiro atoms. The van der Waals surface area contributed by atoms with Crippen molar-refractivity contribution in [2.45, 2.75) is 16.9 Å². The fourth-order valence-corrected chi connectivity index (χ4v) is 7.36. The molecule has 11 heteroatoms. The molecule has 0 atom stereocenters. The molecule has 2 aromatic heterocycles. The molecule has 162 valence electrons. The lowest BCUT2D eigenvalue weighted by Crippen LogP contribution is -2.29. The van der Waals surface area contributed by atoms with Crippen LogP contribution in [0.15, 0.2) is 64.2 Å². The lowest BCUT2D eigenvalue weighted by molar-refractivity contribution is -0.140. The number of benzene rings is 2. The number of fused-ring (bicyclic) bond motifs is 1. The molecule has 2 aromatic carbocycles. The number of alkyl halides is 3. The number of sulfonamides is 1. The second kappa shape index (κ2) is 8.09. The molecule has 0 radical (unpaired) electrons. The van der Waals surface area contributed by atoms with E-state index < -0.39 is 34.1 Å². The zero-order valence-electron chi connectivity index (χ0n) is 15.4. The van der Waals surface area contributed by atoms with Crippen LogP contribution >= 0.6 is 34.3 Å². The summed E-state index contributed by atoms with van der Waals surface area (Å²) in [5, 5.41) is 2.57. The zero-order valence-corrected chi connectivity index (χ0v) is 18.6. The van der Waals surface area contributed by atoms with Gasteiger partial charge in [-0.1, -0.05) is 41.9 Å². The predicted octanol–water partition coefficient (Wildman–Crippen LogP) is 7.17. The molecule has 4 aromatic rings. The fourth-order valence-electron chi connectivity index (χ4n) is 3.00. The molecule has 0 fully saturated rings. The van der Waals surface area contributed by atoms with Gasteiger partial charge in [-0.2, -0.15) is 13.2 Å². The van der Waals surface area contributed by atoms with Crippen molar-refractivity contribution in [1.29, 1.82) is 0 Å². The average molecular weight is 506 g/mol. The fraction of sp³-hybridized carbons (Fsp3) is 0.100. The highest BCUT2D eigenvalue weighted by Gasteiger charge is 2.35. The Morgan fingerprint density at radius 1 is 1.03 bits per heavy atom. The van der Waals surface area contributed by atoms with Crippen LogP contribution in [-0.2, 0) is 22.7 Å². The van der Waals surface area contributed by atoms with E-state index >= 15 is 0 Å². The van der Waals surface area contributed by atoms with Crippen molar-refractivity contribution in [3.63, 3.8) is 0 Å². The number of anilines is 1. The van der Waals surface area contributed by atoms with Crippen LogP contribution in [0.5, 0.6) is 0 Å². The van der Waals surface area contributed by atoms with Crippen LogP contribution in [0.4, 0.5) is 22.6 Å². The smallest absolute Gasteiger partial charge is 0.250 e. The van der Waals surface area contributed by atoms with E-state index in [1.807, 2.05) is 0 Å². The molecule has 3 nitrogen and oxygen atoms in total. The van der Waals surface area contributed by atoms with Crippen molar-refractivity contribution in [1.82, 2.24) is 0 Å². The highest BCUT2D eigenvalue weighted by atomic mass is 35.5. The molecule has 4 rings (SSSR count). The van der Waals surface area contributed by atoms with Gasteiger partial charge in [0.05, 0.1) is 17.1 Å². The van der Waals surface area contributed by atoms with E-state index in [0.717, 1.165) is 37.7 Å². The molecule has 0 N–H and O–H groups in total. The van der Waals surface area contributed by atoms with E-state index in [0.29, 0.717) is 17.5 Å². The number of thiophene rings is 2. The Labute approximate surface area is 188 Å². The summed E-state index contributed by atoms with van der Waals surface area (Å²) < 4.78 is 81.6. The number of halogens is 5. The quantitative estimate of drug-likeness (QED) is 0.270. The molecule has 0 saturated carbocycles. The number of rotatable bonds is 5. The standard InChI is InChI=1S/C20H12ClF4NO2S3/c21-18-13-4-1-2-5-16(13)30-19(18)26(31(27,28)17-6-3-9-29-17)11-12-7-8-15(22)14(10-12)20(23,24)25/h1-10H,11H2. The summed E-state index contributed by atoms with van der Waals surface area (Å²) in [6.07, 6.45) is -4.91. The zero-order chi connectivity index (χ0) is 22.4. The maximum atomic E-state index is 13.7. The van der Waals surface area contributed by atoms with Gasteiger partial charge in [-0.3, -0.25) is 4.31 Å². The van der Waals surface area contributed by atoms with Crippen LogP contribution < -0.4 is 4.31 Å². The molecule has 31 heavy (non-hydrogen) atoms. The summed E-state index contributed by atoms with van der Waals surface area (Å²) >= 11 is 8.57. The van der Waals surface area contributed by atoms with Crippen LogP contribution in [0.25, 0.3) is 10.1 Å². The molecule has 0 bridgehead atoms. The summed E-state index contributed by atoms with van der Waals surface area (Å²) in [5.74, 6) is -1.43. The van der Waals surface area contributed by atoms with E-state index in [-0.39, 0.29) is 19.8 Å². The average Bonchev–Trinajstić information content (AvgIpc) is 3.36. The Kier molecular flexibility index (Phi) is 5.76. The van der Waals surface area contributed by atoms with E-state index in [1.165, 1.54) is 6.07 Å². The summed E-state index contributed by atoms with van der Waals surface area (Å²) in [6.45, 7) is -0.448. The second-order valence-electron chi connectivity index (χ2n) is 6.47. The number of hydrogen-bond donors (Lipinski definition) is 0.